The van der Waals surface area contributed by atoms with E-state index >= 15 is 0 Å². The Labute approximate surface area is 105 Å². The molecule has 92 valence electrons. The molecule has 0 radical (unpaired) electrons. The summed E-state index contributed by atoms with van der Waals surface area (Å²) in [6.07, 6.45) is 1.07. The lowest BCUT2D eigenvalue weighted by Gasteiger charge is -2.25. The van der Waals surface area contributed by atoms with Crippen LogP contribution in [0.25, 0.3) is 10.2 Å². The van der Waals surface area contributed by atoms with Crippen LogP contribution in [0, 0.1) is 0 Å². The Kier molecular flexibility index (Phi) is 3.44. The van der Waals surface area contributed by atoms with Gasteiger partial charge in [0.2, 0.25) is 5.95 Å². The van der Waals surface area contributed by atoms with Crippen molar-refractivity contribution in [1.29, 1.82) is 0 Å². The van der Waals surface area contributed by atoms with Gasteiger partial charge in [0, 0.05) is 13.1 Å². The molecule has 17 heavy (non-hydrogen) atoms. The molecule has 1 unspecified atom stereocenters. The number of hydrogen-bond acceptors (Lipinski definition) is 6. The summed E-state index contributed by atoms with van der Waals surface area (Å²) >= 11 is 1.59. The maximum atomic E-state index is 5.40. The molecule has 6 heteroatoms. The van der Waals surface area contributed by atoms with E-state index in [1.165, 1.54) is 0 Å². The van der Waals surface area contributed by atoms with Gasteiger partial charge in [-0.25, -0.2) is 10.8 Å². The molecule has 2 aromatic heterocycles. The van der Waals surface area contributed by atoms with Crippen LogP contribution in [-0.4, -0.2) is 23.1 Å². The number of fused-ring (bicyclic) bond motifs is 1. The molecule has 2 rings (SSSR count). The van der Waals surface area contributed by atoms with E-state index in [9.17, 15) is 0 Å². The predicted octanol–water partition coefficient (Wildman–Crippen LogP) is 2.21. The number of nitrogen functional groups attached to an aromatic ring is 1. The molecule has 0 saturated heterocycles. The van der Waals surface area contributed by atoms with Crippen molar-refractivity contribution in [3.05, 3.63) is 11.4 Å². The second-order valence-electron chi connectivity index (χ2n) is 4.02. The summed E-state index contributed by atoms with van der Waals surface area (Å²) in [6.45, 7) is 4.34. The number of thiophene rings is 1. The van der Waals surface area contributed by atoms with Gasteiger partial charge in [-0.1, -0.05) is 6.92 Å². The van der Waals surface area contributed by atoms with Crippen LogP contribution in [0.2, 0.25) is 0 Å². The van der Waals surface area contributed by atoms with Gasteiger partial charge in [0.05, 0.1) is 5.39 Å². The quantitative estimate of drug-likeness (QED) is 0.644. The molecular weight excluding hydrogens is 234 g/mol. The van der Waals surface area contributed by atoms with Gasteiger partial charge in [-0.3, -0.25) is 5.43 Å². The fourth-order valence-electron chi connectivity index (χ4n) is 1.66. The Morgan fingerprint density at radius 3 is 2.94 bits per heavy atom. The Bertz CT molecular complexity index is 510. The zero-order valence-electron chi connectivity index (χ0n) is 10.3. The molecule has 0 saturated carbocycles. The van der Waals surface area contributed by atoms with Crippen molar-refractivity contribution in [3.63, 3.8) is 0 Å². The normalized spacial score (nSPS) is 12.7. The molecule has 0 aliphatic rings. The van der Waals surface area contributed by atoms with Gasteiger partial charge in [0.25, 0.3) is 0 Å². The first-order valence-electron chi connectivity index (χ1n) is 5.62. The maximum absolute atomic E-state index is 5.40. The Balaban J connectivity index is 2.53. The number of anilines is 2. The molecule has 0 amide bonds. The van der Waals surface area contributed by atoms with E-state index in [-0.39, 0.29) is 0 Å². The highest BCUT2D eigenvalue weighted by Crippen LogP contribution is 2.29. The maximum Gasteiger partial charge on any atom is 0.240 e. The number of aromatic nitrogens is 2. The van der Waals surface area contributed by atoms with Crippen LogP contribution in [0.1, 0.15) is 20.3 Å². The summed E-state index contributed by atoms with van der Waals surface area (Å²) in [5, 5.41) is 3.10. The van der Waals surface area contributed by atoms with Gasteiger partial charge in [-0.15, -0.1) is 11.3 Å². The van der Waals surface area contributed by atoms with Gasteiger partial charge < -0.3 is 4.90 Å². The molecule has 5 nitrogen and oxygen atoms in total. The van der Waals surface area contributed by atoms with E-state index in [1.807, 2.05) is 12.4 Å². The topological polar surface area (TPSA) is 67.1 Å². The van der Waals surface area contributed by atoms with Crippen LogP contribution < -0.4 is 16.2 Å². The van der Waals surface area contributed by atoms with Crippen molar-refractivity contribution in [2.24, 2.45) is 5.84 Å². The van der Waals surface area contributed by atoms with Gasteiger partial charge in [-0.05, 0) is 24.8 Å². The highest BCUT2D eigenvalue weighted by atomic mass is 32.1. The van der Waals surface area contributed by atoms with Crippen LogP contribution >= 0.6 is 11.3 Å². The van der Waals surface area contributed by atoms with Gasteiger partial charge >= 0.3 is 0 Å². The van der Waals surface area contributed by atoms with Crippen molar-refractivity contribution in [3.8, 4) is 0 Å². The fraction of sp³-hybridized carbons (Fsp3) is 0.455. The van der Waals surface area contributed by atoms with E-state index in [4.69, 9.17) is 5.84 Å². The van der Waals surface area contributed by atoms with Gasteiger partial charge in [-0.2, -0.15) is 4.98 Å². The number of nitrogens with zero attached hydrogens (tertiary/aromatic N) is 3. The monoisotopic (exact) mass is 251 g/mol. The molecule has 0 spiro atoms. The van der Waals surface area contributed by atoms with E-state index in [0.29, 0.717) is 12.0 Å². The van der Waals surface area contributed by atoms with Gasteiger partial charge in [0.1, 0.15) is 10.6 Å². The molecule has 2 heterocycles. The van der Waals surface area contributed by atoms with Crippen LogP contribution in [0.3, 0.4) is 0 Å². The molecule has 2 aromatic rings. The second kappa shape index (κ2) is 4.85. The summed E-state index contributed by atoms with van der Waals surface area (Å²) in [5.74, 6) is 6.79. The number of nitrogens with two attached hydrogens (primary N) is 1. The third kappa shape index (κ3) is 2.18. The van der Waals surface area contributed by atoms with Crippen LogP contribution in [0.4, 0.5) is 11.8 Å². The lowest BCUT2D eigenvalue weighted by Crippen LogP contribution is -2.29. The van der Waals surface area contributed by atoms with E-state index in [2.05, 4.69) is 40.2 Å². The first-order chi connectivity index (χ1) is 8.17. The van der Waals surface area contributed by atoms with Crippen molar-refractivity contribution in [2.75, 3.05) is 17.4 Å². The first kappa shape index (κ1) is 12.1. The van der Waals surface area contributed by atoms with E-state index in [0.717, 1.165) is 22.5 Å². The van der Waals surface area contributed by atoms with Crippen molar-refractivity contribution >= 4 is 33.3 Å². The highest BCUT2D eigenvalue weighted by molar-refractivity contribution is 7.16. The Morgan fingerprint density at radius 2 is 2.29 bits per heavy atom. The zero-order valence-corrected chi connectivity index (χ0v) is 11.1. The van der Waals surface area contributed by atoms with Crippen LogP contribution in [0.5, 0.6) is 0 Å². The average Bonchev–Trinajstić information content (AvgIpc) is 2.83. The smallest absolute Gasteiger partial charge is 0.240 e. The van der Waals surface area contributed by atoms with Crippen LogP contribution in [0.15, 0.2) is 11.4 Å². The predicted molar refractivity (Wildman–Crippen MR) is 73.4 cm³/mol. The van der Waals surface area contributed by atoms with Crippen molar-refractivity contribution < 1.29 is 0 Å². The third-order valence-corrected chi connectivity index (χ3v) is 3.83. The molecule has 0 bridgehead atoms. The highest BCUT2D eigenvalue weighted by Gasteiger charge is 2.15. The minimum absolute atomic E-state index is 0.429. The summed E-state index contributed by atoms with van der Waals surface area (Å²) in [4.78, 5) is 11.9. The molecule has 0 fully saturated rings. The standard InChI is InChI=1S/C11H17N5S/c1-4-7(2)16(3)9-8-5-6-17-10(8)14-11(13-9)15-12/h5-7H,4,12H2,1-3H3,(H,13,14,15). The minimum Gasteiger partial charge on any atom is -0.356 e. The largest absolute Gasteiger partial charge is 0.356 e. The zero-order chi connectivity index (χ0) is 12.4. The first-order valence-corrected chi connectivity index (χ1v) is 6.50. The molecule has 0 aromatic carbocycles. The Hall–Kier alpha value is -1.40. The average molecular weight is 251 g/mol. The number of hydrazine groups is 1. The van der Waals surface area contributed by atoms with Crippen molar-refractivity contribution in [1.82, 2.24) is 9.97 Å². The fourth-order valence-corrected chi connectivity index (χ4v) is 2.41. The summed E-state index contributed by atoms with van der Waals surface area (Å²) in [6, 6.07) is 2.48. The molecule has 0 aliphatic carbocycles. The van der Waals surface area contributed by atoms with Crippen LogP contribution in [-0.2, 0) is 0 Å². The van der Waals surface area contributed by atoms with E-state index < -0.39 is 0 Å². The molecule has 1 atom stereocenters. The minimum atomic E-state index is 0.429. The summed E-state index contributed by atoms with van der Waals surface area (Å²) in [5.41, 5.74) is 2.52. The number of hydrogen-bond donors (Lipinski definition) is 2. The third-order valence-electron chi connectivity index (χ3n) is 3.02. The van der Waals surface area contributed by atoms with Crippen molar-refractivity contribution in [2.45, 2.75) is 26.3 Å². The summed E-state index contributed by atoms with van der Waals surface area (Å²) < 4.78 is 0. The molecular formula is C11H17N5S. The molecule has 0 aliphatic heterocycles. The lowest BCUT2D eigenvalue weighted by atomic mass is 10.2. The lowest BCUT2D eigenvalue weighted by molar-refractivity contribution is 0.659. The number of nitrogens with one attached hydrogen (secondary N) is 1. The van der Waals surface area contributed by atoms with Gasteiger partial charge in [0.15, 0.2) is 0 Å². The molecule has 3 N–H and O–H groups in total. The Morgan fingerprint density at radius 1 is 1.53 bits per heavy atom. The SMILES string of the molecule is CCC(C)N(C)c1nc(NN)nc2sccc12. The number of rotatable bonds is 4. The second-order valence-corrected chi connectivity index (χ2v) is 4.92. The summed E-state index contributed by atoms with van der Waals surface area (Å²) in [7, 11) is 2.05. The van der Waals surface area contributed by atoms with E-state index in [1.54, 1.807) is 11.3 Å².